The fourth-order valence-electron chi connectivity index (χ4n) is 3.11. The van der Waals surface area contributed by atoms with Gasteiger partial charge in [0.05, 0.1) is 36.1 Å². The van der Waals surface area contributed by atoms with Gasteiger partial charge in [-0.3, -0.25) is 19.0 Å². The first-order chi connectivity index (χ1) is 15.4. The van der Waals surface area contributed by atoms with Crippen LogP contribution in [0.5, 0.6) is 11.5 Å². The van der Waals surface area contributed by atoms with Gasteiger partial charge in [0.2, 0.25) is 0 Å². The molecule has 1 amide bonds. The molecule has 3 aromatic rings. The molecule has 0 aliphatic rings. The number of rotatable bonds is 9. The Morgan fingerprint density at radius 3 is 2.62 bits per heavy atom. The molecule has 168 valence electrons. The Bertz CT molecular complexity index is 1190. The van der Waals surface area contributed by atoms with Crippen molar-refractivity contribution in [2.24, 2.45) is 0 Å². The van der Waals surface area contributed by atoms with Gasteiger partial charge in [-0.1, -0.05) is 12.1 Å². The van der Waals surface area contributed by atoms with Crippen LogP contribution in [-0.2, 0) is 20.9 Å². The number of fused-ring (bicyclic) bond motifs is 1. The Hall–Kier alpha value is -3.88. The predicted molar refractivity (Wildman–Crippen MR) is 119 cm³/mol. The first-order valence-electron chi connectivity index (χ1n) is 10.2. The number of carbonyl (C=O) groups excluding carboxylic acids is 2. The molecule has 9 nitrogen and oxygen atoms in total. The number of aromatic nitrogens is 2. The van der Waals surface area contributed by atoms with E-state index in [9.17, 15) is 14.4 Å². The van der Waals surface area contributed by atoms with Crippen LogP contribution < -0.4 is 20.3 Å². The lowest BCUT2D eigenvalue weighted by Crippen LogP contribution is -2.28. The van der Waals surface area contributed by atoms with E-state index >= 15 is 0 Å². The van der Waals surface area contributed by atoms with Gasteiger partial charge in [0.25, 0.3) is 11.5 Å². The van der Waals surface area contributed by atoms with Crippen molar-refractivity contribution < 1.29 is 23.8 Å². The third-order valence-corrected chi connectivity index (χ3v) is 4.55. The number of nitrogens with one attached hydrogen (secondary N) is 1. The Morgan fingerprint density at radius 2 is 1.88 bits per heavy atom. The average molecular weight is 439 g/mol. The van der Waals surface area contributed by atoms with Crippen molar-refractivity contribution in [1.29, 1.82) is 0 Å². The SMILES string of the molecule is CCOc1ccc(OCC)c(NC(=O)COC(=O)Cn2cnc3c(C)cccc3c2=O)c1. The third kappa shape index (κ3) is 5.42. The molecule has 0 unspecified atom stereocenters. The maximum Gasteiger partial charge on any atom is 0.326 e. The maximum absolute atomic E-state index is 12.6. The highest BCUT2D eigenvalue weighted by Crippen LogP contribution is 2.29. The molecule has 3 rings (SSSR count). The summed E-state index contributed by atoms with van der Waals surface area (Å²) >= 11 is 0. The zero-order valence-electron chi connectivity index (χ0n) is 18.2. The maximum atomic E-state index is 12.6. The van der Waals surface area contributed by atoms with Gasteiger partial charge in [0.15, 0.2) is 6.61 Å². The molecular weight excluding hydrogens is 414 g/mol. The molecule has 0 aliphatic carbocycles. The molecule has 0 spiro atoms. The lowest BCUT2D eigenvalue weighted by atomic mass is 10.1. The standard InChI is InChI=1S/C23H25N3O6/c1-4-30-16-9-10-19(31-5-2)18(11-16)25-20(27)13-32-21(28)12-26-14-24-22-15(3)7-6-8-17(22)23(26)29/h6-11,14H,4-5,12-13H2,1-3H3,(H,25,27). The molecule has 9 heteroatoms. The second kappa shape index (κ2) is 10.4. The van der Waals surface area contributed by atoms with Crippen molar-refractivity contribution in [3.63, 3.8) is 0 Å². The van der Waals surface area contributed by atoms with Gasteiger partial charge in [0.1, 0.15) is 18.0 Å². The van der Waals surface area contributed by atoms with Crippen molar-refractivity contribution in [1.82, 2.24) is 9.55 Å². The van der Waals surface area contributed by atoms with E-state index in [1.165, 1.54) is 6.33 Å². The minimum atomic E-state index is -0.732. The predicted octanol–water partition coefficient (Wildman–Crippen LogP) is 2.68. The molecule has 1 N–H and O–H groups in total. The molecule has 0 aliphatic heterocycles. The molecule has 0 saturated heterocycles. The lowest BCUT2D eigenvalue weighted by Gasteiger charge is -2.14. The highest BCUT2D eigenvalue weighted by molar-refractivity contribution is 5.94. The minimum absolute atomic E-state index is 0.353. The van der Waals surface area contributed by atoms with Gasteiger partial charge in [-0.15, -0.1) is 0 Å². The van der Waals surface area contributed by atoms with Gasteiger partial charge >= 0.3 is 5.97 Å². The molecule has 1 heterocycles. The van der Waals surface area contributed by atoms with Gasteiger partial charge in [-0.05, 0) is 44.5 Å². The second-order valence-electron chi connectivity index (χ2n) is 6.88. The van der Waals surface area contributed by atoms with Crippen LogP contribution in [0.25, 0.3) is 10.9 Å². The number of ether oxygens (including phenoxy) is 3. The number of aryl methyl sites for hydroxylation is 1. The minimum Gasteiger partial charge on any atom is -0.494 e. The number of benzene rings is 2. The zero-order chi connectivity index (χ0) is 23.1. The molecule has 0 fully saturated rings. The van der Waals surface area contributed by atoms with Crippen LogP contribution in [0.4, 0.5) is 5.69 Å². The Labute approximate surface area is 184 Å². The fraction of sp³-hybridized carbons (Fsp3) is 0.304. The zero-order valence-corrected chi connectivity index (χ0v) is 18.2. The number of amides is 1. The number of esters is 1. The molecule has 1 aromatic heterocycles. The van der Waals surface area contributed by atoms with Crippen LogP contribution in [-0.4, -0.2) is 41.2 Å². The van der Waals surface area contributed by atoms with Crippen LogP contribution in [0.3, 0.4) is 0 Å². The first kappa shape index (κ1) is 22.8. The van der Waals surface area contributed by atoms with Crippen molar-refractivity contribution in [3.8, 4) is 11.5 Å². The fourth-order valence-corrected chi connectivity index (χ4v) is 3.11. The topological polar surface area (TPSA) is 109 Å². The van der Waals surface area contributed by atoms with Gasteiger partial charge in [-0.2, -0.15) is 0 Å². The normalized spacial score (nSPS) is 10.6. The average Bonchev–Trinajstić information content (AvgIpc) is 2.77. The molecule has 0 radical (unpaired) electrons. The van der Waals surface area contributed by atoms with Crippen LogP contribution in [0.1, 0.15) is 19.4 Å². The van der Waals surface area contributed by atoms with E-state index in [0.29, 0.717) is 41.3 Å². The van der Waals surface area contributed by atoms with Crippen LogP contribution in [0.2, 0.25) is 0 Å². The lowest BCUT2D eigenvalue weighted by molar-refractivity contribution is -0.147. The summed E-state index contributed by atoms with van der Waals surface area (Å²) in [4.78, 5) is 41.3. The molecule has 0 bridgehead atoms. The number of anilines is 1. The summed E-state index contributed by atoms with van der Waals surface area (Å²) < 4.78 is 17.1. The Balaban J connectivity index is 1.63. The molecule has 0 saturated carbocycles. The summed E-state index contributed by atoms with van der Waals surface area (Å²) in [6.07, 6.45) is 1.30. The summed E-state index contributed by atoms with van der Waals surface area (Å²) in [6, 6.07) is 10.3. The quantitative estimate of drug-likeness (QED) is 0.511. The summed E-state index contributed by atoms with van der Waals surface area (Å²) in [5.74, 6) is -0.238. The van der Waals surface area contributed by atoms with Crippen molar-refractivity contribution in [2.75, 3.05) is 25.1 Å². The highest BCUT2D eigenvalue weighted by atomic mass is 16.5. The van der Waals surface area contributed by atoms with Crippen molar-refractivity contribution in [3.05, 3.63) is 58.6 Å². The molecule has 2 aromatic carbocycles. The highest BCUT2D eigenvalue weighted by Gasteiger charge is 2.14. The summed E-state index contributed by atoms with van der Waals surface area (Å²) in [7, 11) is 0. The number of hydrogen-bond donors (Lipinski definition) is 1. The summed E-state index contributed by atoms with van der Waals surface area (Å²) in [5, 5.41) is 3.07. The van der Waals surface area contributed by atoms with Crippen LogP contribution in [0, 0.1) is 6.92 Å². The first-order valence-corrected chi connectivity index (χ1v) is 10.2. The van der Waals surface area contributed by atoms with Gasteiger partial charge in [0, 0.05) is 6.07 Å². The van der Waals surface area contributed by atoms with E-state index in [1.807, 2.05) is 26.8 Å². The van der Waals surface area contributed by atoms with E-state index in [0.717, 1.165) is 10.1 Å². The van der Waals surface area contributed by atoms with Gasteiger partial charge < -0.3 is 19.5 Å². The summed E-state index contributed by atoms with van der Waals surface area (Å²) in [5.41, 5.74) is 1.50. The van der Waals surface area contributed by atoms with Crippen LogP contribution in [0.15, 0.2) is 47.5 Å². The smallest absolute Gasteiger partial charge is 0.326 e. The van der Waals surface area contributed by atoms with Crippen molar-refractivity contribution in [2.45, 2.75) is 27.3 Å². The number of hydrogen-bond acceptors (Lipinski definition) is 7. The molecular formula is C23H25N3O6. The summed E-state index contributed by atoms with van der Waals surface area (Å²) in [6.45, 7) is 5.56. The second-order valence-corrected chi connectivity index (χ2v) is 6.88. The third-order valence-electron chi connectivity index (χ3n) is 4.55. The van der Waals surface area contributed by atoms with E-state index in [1.54, 1.807) is 30.3 Å². The largest absolute Gasteiger partial charge is 0.494 e. The van der Waals surface area contributed by atoms with E-state index in [-0.39, 0.29) is 12.1 Å². The number of para-hydroxylation sites is 1. The van der Waals surface area contributed by atoms with E-state index < -0.39 is 18.5 Å². The van der Waals surface area contributed by atoms with E-state index in [2.05, 4.69) is 10.3 Å². The number of carbonyl (C=O) groups is 2. The van der Waals surface area contributed by atoms with Crippen molar-refractivity contribution >= 4 is 28.5 Å². The number of nitrogens with zero attached hydrogens (tertiary/aromatic N) is 2. The van der Waals surface area contributed by atoms with E-state index in [4.69, 9.17) is 14.2 Å². The van der Waals surface area contributed by atoms with Crippen LogP contribution >= 0.6 is 0 Å². The molecule has 0 atom stereocenters. The monoisotopic (exact) mass is 439 g/mol. The Kier molecular flexibility index (Phi) is 7.43. The van der Waals surface area contributed by atoms with Gasteiger partial charge in [-0.25, -0.2) is 4.98 Å². The Morgan fingerprint density at radius 1 is 1.09 bits per heavy atom. The molecule has 32 heavy (non-hydrogen) atoms.